The zero-order valence-electron chi connectivity index (χ0n) is 10.7. The first-order valence-electron chi connectivity index (χ1n) is 6.05. The number of nitrogens with zero attached hydrogens (tertiary/aromatic N) is 2. The SMILES string of the molecule is CC(=O)N1CCCN(CC(C(N)=S)C(F)(F)F)CC1. The molecular weight excluding hydrogens is 279 g/mol. The Morgan fingerprint density at radius 1 is 1.32 bits per heavy atom. The van der Waals surface area contributed by atoms with Crippen LogP contribution in [0.5, 0.6) is 0 Å². The Balaban J connectivity index is 2.61. The van der Waals surface area contributed by atoms with E-state index < -0.39 is 17.1 Å². The van der Waals surface area contributed by atoms with E-state index >= 15 is 0 Å². The number of amides is 1. The van der Waals surface area contributed by atoms with E-state index in [1.165, 1.54) is 6.92 Å². The molecule has 0 saturated carbocycles. The Morgan fingerprint density at radius 3 is 2.42 bits per heavy atom. The van der Waals surface area contributed by atoms with Gasteiger partial charge < -0.3 is 15.5 Å². The van der Waals surface area contributed by atoms with E-state index in [1.807, 2.05) is 0 Å². The first kappa shape index (κ1) is 16.2. The molecule has 1 atom stereocenters. The summed E-state index contributed by atoms with van der Waals surface area (Å²) in [6.45, 7) is 3.17. The minimum atomic E-state index is -4.42. The van der Waals surface area contributed by atoms with Crippen LogP contribution in [0, 0.1) is 5.92 Å². The number of hydrogen-bond donors (Lipinski definition) is 1. The van der Waals surface area contributed by atoms with Crippen molar-refractivity contribution >= 4 is 23.1 Å². The molecule has 19 heavy (non-hydrogen) atoms. The third-order valence-electron chi connectivity index (χ3n) is 3.21. The quantitative estimate of drug-likeness (QED) is 0.790. The van der Waals surface area contributed by atoms with Crippen LogP contribution in [0.3, 0.4) is 0 Å². The second-order valence-electron chi connectivity index (χ2n) is 4.66. The van der Waals surface area contributed by atoms with Crippen LogP contribution in [-0.4, -0.2) is 59.6 Å². The molecule has 1 heterocycles. The van der Waals surface area contributed by atoms with Crippen LogP contribution in [0.25, 0.3) is 0 Å². The molecule has 110 valence electrons. The first-order chi connectivity index (χ1) is 8.71. The van der Waals surface area contributed by atoms with Gasteiger partial charge in [-0.3, -0.25) is 4.79 Å². The molecule has 4 nitrogen and oxygen atoms in total. The largest absolute Gasteiger partial charge is 0.399 e. The molecule has 0 aliphatic carbocycles. The topological polar surface area (TPSA) is 49.6 Å². The summed E-state index contributed by atoms with van der Waals surface area (Å²) in [6.07, 6.45) is -3.76. The number of carbonyl (C=O) groups is 1. The van der Waals surface area contributed by atoms with Gasteiger partial charge in [-0.25, -0.2) is 0 Å². The summed E-state index contributed by atoms with van der Waals surface area (Å²) in [5, 5.41) is 0. The smallest absolute Gasteiger partial charge is 0.393 e. The average molecular weight is 297 g/mol. The van der Waals surface area contributed by atoms with Crippen LogP contribution in [0.2, 0.25) is 0 Å². The highest BCUT2D eigenvalue weighted by atomic mass is 32.1. The highest BCUT2D eigenvalue weighted by Gasteiger charge is 2.42. The molecule has 0 aromatic carbocycles. The van der Waals surface area contributed by atoms with Crippen molar-refractivity contribution in [3.05, 3.63) is 0 Å². The second kappa shape index (κ2) is 6.51. The molecule has 1 aliphatic heterocycles. The molecule has 0 spiro atoms. The summed E-state index contributed by atoms with van der Waals surface area (Å²) >= 11 is 4.50. The predicted octanol–water partition coefficient (Wildman–Crippen LogP) is 1.01. The van der Waals surface area contributed by atoms with E-state index in [9.17, 15) is 18.0 Å². The van der Waals surface area contributed by atoms with Crippen molar-refractivity contribution in [2.45, 2.75) is 19.5 Å². The lowest BCUT2D eigenvalue weighted by Crippen LogP contribution is -2.44. The molecule has 0 bridgehead atoms. The first-order valence-corrected chi connectivity index (χ1v) is 6.46. The summed E-state index contributed by atoms with van der Waals surface area (Å²) in [5.41, 5.74) is 5.17. The normalized spacial score (nSPS) is 19.9. The van der Waals surface area contributed by atoms with Crippen LogP contribution < -0.4 is 5.73 Å². The third-order valence-corrected chi connectivity index (χ3v) is 3.50. The van der Waals surface area contributed by atoms with E-state index in [0.717, 1.165) is 0 Å². The van der Waals surface area contributed by atoms with E-state index in [4.69, 9.17) is 5.73 Å². The summed E-state index contributed by atoms with van der Waals surface area (Å²) in [6, 6.07) is 0. The Morgan fingerprint density at radius 2 is 1.95 bits per heavy atom. The van der Waals surface area contributed by atoms with Crippen molar-refractivity contribution in [1.29, 1.82) is 0 Å². The van der Waals surface area contributed by atoms with Gasteiger partial charge in [0.05, 0.1) is 4.99 Å². The van der Waals surface area contributed by atoms with Gasteiger partial charge in [0, 0.05) is 33.1 Å². The minimum absolute atomic E-state index is 0.0523. The van der Waals surface area contributed by atoms with E-state index in [-0.39, 0.29) is 12.5 Å². The Bertz CT molecular complexity index is 349. The lowest BCUT2D eigenvalue weighted by molar-refractivity contribution is -0.159. The predicted molar refractivity (Wildman–Crippen MR) is 69.6 cm³/mol. The van der Waals surface area contributed by atoms with Crippen molar-refractivity contribution < 1.29 is 18.0 Å². The van der Waals surface area contributed by atoms with Gasteiger partial charge in [0.1, 0.15) is 5.92 Å². The van der Waals surface area contributed by atoms with Crippen LogP contribution in [0.1, 0.15) is 13.3 Å². The Kier molecular flexibility index (Phi) is 5.54. The van der Waals surface area contributed by atoms with E-state index in [0.29, 0.717) is 32.6 Å². The van der Waals surface area contributed by atoms with Crippen LogP contribution >= 0.6 is 12.2 Å². The molecule has 2 N–H and O–H groups in total. The number of halogens is 3. The molecule has 1 amide bonds. The van der Waals surface area contributed by atoms with Crippen LogP contribution in [0.15, 0.2) is 0 Å². The van der Waals surface area contributed by atoms with Crippen molar-refractivity contribution in [2.24, 2.45) is 11.7 Å². The molecular formula is C11H18F3N3OS. The van der Waals surface area contributed by atoms with Gasteiger partial charge in [-0.2, -0.15) is 13.2 Å². The van der Waals surface area contributed by atoms with Gasteiger partial charge in [-0.1, -0.05) is 12.2 Å². The molecule has 0 aromatic heterocycles. The van der Waals surface area contributed by atoms with Gasteiger partial charge in [0.15, 0.2) is 0 Å². The zero-order chi connectivity index (χ0) is 14.6. The minimum Gasteiger partial charge on any atom is -0.393 e. The van der Waals surface area contributed by atoms with Gasteiger partial charge in [0.25, 0.3) is 0 Å². The molecule has 1 rings (SSSR count). The zero-order valence-corrected chi connectivity index (χ0v) is 11.6. The fourth-order valence-electron chi connectivity index (χ4n) is 2.08. The van der Waals surface area contributed by atoms with Crippen LogP contribution in [-0.2, 0) is 4.79 Å². The van der Waals surface area contributed by atoms with Crippen molar-refractivity contribution in [3.63, 3.8) is 0 Å². The number of rotatable bonds is 3. The van der Waals surface area contributed by atoms with Crippen molar-refractivity contribution in [3.8, 4) is 0 Å². The third kappa shape index (κ3) is 4.94. The fourth-order valence-corrected chi connectivity index (χ4v) is 2.29. The molecule has 8 heteroatoms. The second-order valence-corrected chi connectivity index (χ2v) is 5.13. The standard InChI is InChI=1S/C11H18F3N3OS/c1-8(18)17-4-2-3-16(5-6-17)7-9(10(15)19)11(12,13)14/h9H,2-7H2,1H3,(H2,15,19). The summed E-state index contributed by atoms with van der Waals surface area (Å²) < 4.78 is 38.3. The molecule has 1 unspecified atom stereocenters. The molecule has 1 saturated heterocycles. The lowest BCUT2D eigenvalue weighted by Gasteiger charge is -2.27. The maximum Gasteiger partial charge on any atom is 0.399 e. The molecule has 1 fully saturated rings. The molecule has 0 aromatic rings. The van der Waals surface area contributed by atoms with E-state index in [1.54, 1.807) is 9.80 Å². The number of alkyl halides is 3. The number of hydrogen-bond acceptors (Lipinski definition) is 3. The van der Waals surface area contributed by atoms with Gasteiger partial charge >= 0.3 is 6.18 Å². The van der Waals surface area contributed by atoms with Gasteiger partial charge in [-0.05, 0) is 13.0 Å². The van der Waals surface area contributed by atoms with Crippen LogP contribution in [0.4, 0.5) is 13.2 Å². The maximum atomic E-state index is 12.8. The van der Waals surface area contributed by atoms with Gasteiger partial charge in [-0.15, -0.1) is 0 Å². The molecule has 0 radical (unpaired) electrons. The fraction of sp³-hybridized carbons (Fsp3) is 0.818. The van der Waals surface area contributed by atoms with Crippen molar-refractivity contribution in [1.82, 2.24) is 9.80 Å². The van der Waals surface area contributed by atoms with Gasteiger partial charge in [0.2, 0.25) is 5.91 Å². The highest BCUT2D eigenvalue weighted by molar-refractivity contribution is 7.80. The van der Waals surface area contributed by atoms with Crippen molar-refractivity contribution in [2.75, 3.05) is 32.7 Å². The summed E-state index contributed by atoms with van der Waals surface area (Å²) in [7, 11) is 0. The highest BCUT2D eigenvalue weighted by Crippen LogP contribution is 2.27. The average Bonchev–Trinajstić information content (AvgIpc) is 2.48. The number of thiocarbonyl (C=S) groups is 1. The van der Waals surface area contributed by atoms with E-state index in [2.05, 4.69) is 12.2 Å². The molecule has 1 aliphatic rings. The summed E-state index contributed by atoms with van der Waals surface area (Å²) in [4.78, 5) is 14.0. The lowest BCUT2D eigenvalue weighted by atomic mass is 10.1. The number of nitrogens with two attached hydrogens (primary N) is 1. The number of carbonyl (C=O) groups excluding carboxylic acids is 1. The Hall–Kier alpha value is -0.890. The monoisotopic (exact) mass is 297 g/mol. The summed E-state index contributed by atoms with van der Waals surface area (Å²) in [5.74, 6) is -1.84. The maximum absolute atomic E-state index is 12.8. The Labute approximate surface area is 115 Å².